The van der Waals surface area contributed by atoms with E-state index in [-0.39, 0.29) is 0 Å². The van der Waals surface area contributed by atoms with E-state index in [0.29, 0.717) is 12.3 Å². The van der Waals surface area contributed by atoms with Crippen molar-refractivity contribution in [3.8, 4) is 22.6 Å². The van der Waals surface area contributed by atoms with Crippen molar-refractivity contribution in [3.05, 3.63) is 48.0 Å². The lowest BCUT2D eigenvalue weighted by Crippen LogP contribution is -2.00. The van der Waals surface area contributed by atoms with Crippen molar-refractivity contribution in [1.82, 2.24) is 0 Å². The predicted octanol–water partition coefficient (Wildman–Crippen LogP) is 2.83. The summed E-state index contributed by atoms with van der Waals surface area (Å²) in [5.74, 6) is 1.44. The van der Waals surface area contributed by atoms with Crippen molar-refractivity contribution >= 4 is 0 Å². The monoisotopic (exact) mass is 243 g/mol. The molecule has 18 heavy (non-hydrogen) atoms. The smallest absolute Gasteiger partial charge is 0.168 e. The first kappa shape index (κ1) is 12.5. The number of ether oxygens (including phenoxy) is 2. The first-order valence-corrected chi connectivity index (χ1v) is 5.80. The summed E-state index contributed by atoms with van der Waals surface area (Å²) in [5, 5.41) is 0. The van der Waals surface area contributed by atoms with Crippen LogP contribution in [0.5, 0.6) is 11.5 Å². The van der Waals surface area contributed by atoms with Gasteiger partial charge in [-0.3, -0.25) is 0 Å². The molecule has 0 fully saturated rings. The molecule has 2 N–H and O–H groups in total. The summed E-state index contributed by atoms with van der Waals surface area (Å²) in [7, 11) is 3.28. The van der Waals surface area contributed by atoms with Gasteiger partial charge in [0.2, 0.25) is 0 Å². The Balaban J connectivity index is 2.64. The highest BCUT2D eigenvalue weighted by Gasteiger charge is 2.13. The molecule has 0 aliphatic carbocycles. The molecule has 0 atom stereocenters. The molecule has 2 aromatic rings. The molecule has 0 unspecified atom stereocenters. The van der Waals surface area contributed by atoms with Crippen molar-refractivity contribution in [3.63, 3.8) is 0 Å². The molecule has 0 aromatic heterocycles. The zero-order valence-electron chi connectivity index (χ0n) is 10.6. The molecule has 0 heterocycles. The SMILES string of the molecule is COc1cc(CN)cc(-c2ccccc2)c1OC. The fourth-order valence-electron chi connectivity index (χ4n) is 1.97. The van der Waals surface area contributed by atoms with Crippen LogP contribution in [0.25, 0.3) is 11.1 Å². The summed E-state index contributed by atoms with van der Waals surface area (Å²) in [6.07, 6.45) is 0. The van der Waals surface area contributed by atoms with E-state index < -0.39 is 0 Å². The standard InChI is InChI=1S/C15H17NO2/c1-17-14-9-11(10-16)8-13(15(14)18-2)12-6-4-3-5-7-12/h3-9H,10,16H2,1-2H3. The van der Waals surface area contributed by atoms with Crippen LogP contribution in [-0.4, -0.2) is 14.2 Å². The largest absolute Gasteiger partial charge is 0.493 e. The molecule has 0 aliphatic heterocycles. The molecule has 3 heteroatoms. The minimum atomic E-state index is 0.472. The van der Waals surface area contributed by atoms with Gasteiger partial charge in [-0.15, -0.1) is 0 Å². The van der Waals surface area contributed by atoms with Gasteiger partial charge in [-0.05, 0) is 23.3 Å². The van der Waals surface area contributed by atoms with E-state index in [0.717, 1.165) is 22.4 Å². The molecule has 3 nitrogen and oxygen atoms in total. The van der Waals surface area contributed by atoms with Crippen LogP contribution in [0, 0.1) is 0 Å². The second kappa shape index (κ2) is 5.56. The molecule has 0 aliphatic rings. The Morgan fingerprint density at radius 3 is 2.28 bits per heavy atom. The van der Waals surface area contributed by atoms with Crippen LogP contribution in [-0.2, 0) is 6.54 Å². The van der Waals surface area contributed by atoms with Gasteiger partial charge < -0.3 is 15.2 Å². The van der Waals surface area contributed by atoms with Gasteiger partial charge in [-0.1, -0.05) is 30.3 Å². The number of benzene rings is 2. The van der Waals surface area contributed by atoms with Crippen LogP contribution >= 0.6 is 0 Å². The zero-order valence-corrected chi connectivity index (χ0v) is 10.6. The second-order valence-corrected chi connectivity index (χ2v) is 3.95. The lowest BCUT2D eigenvalue weighted by Gasteiger charge is -2.14. The Hall–Kier alpha value is -2.00. The summed E-state index contributed by atoms with van der Waals surface area (Å²) in [5.41, 5.74) is 8.82. The highest BCUT2D eigenvalue weighted by molar-refractivity contribution is 5.74. The Bertz CT molecular complexity index is 524. The molecule has 2 rings (SSSR count). The topological polar surface area (TPSA) is 44.5 Å². The summed E-state index contributed by atoms with van der Waals surface area (Å²) in [6, 6.07) is 14.0. The van der Waals surface area contributed by atoms with Crippen LogP contribution in [0.15, 0.2) is 42.5 Å². The average Bonchev–Trinajstić information content (AvgIpc) is 2.46. The van der Waals surface area contributed by atoms with Crippen LogP contribution < -0.4 is 15.2 Å². The number of nitrogens with two attached hydrogens (primary N) is 1. The molecule has 0 spiro atoms. The van der Waals surface area contributed by atoms with Crippen molar-refractivity contribution in [2.24, 2.45) is 5.73 Å². The second-order valence-electron chi connectivity index (χ2n) is 3.95. The number of hydrogen-bond acceptors (Lipinski definition) is 3. The molecular formula is C15H17NO2. The van der Waals surface area contributed by atoms with Crippen molar-refractivity contribution in [2.75, 3.05) is 14.2 Å². The van der Waals surface area contributed by atoms with E-state index >= 15 is 0 Å². The minimum absolute atomic E-state index is 0.472. The normalized spacial score (nSPS) is 10.2. The third kappa shape index (κ3) is 2.31. The quantitative estimate of drug-likeness (QED) is 0.898. The number of rotatable bonds is 4. The van der Waals surface area contributed by atoms with E-state index in [4.69, 9.17) is 15.2 Å². The molecule has 0 amide bonds. The van der Waals surface area contributed by atoms with Gasteiger partial charge >= 0.3 is 0 Å². The zero-order chi connectivity index (χ0) is 13.0. The molecule has 0 radical (unpaired) electrons. The fraction of sp³-hybridized carbons (Fsp3) is 0.200. The van der Waals surface area contributed by atoms with Gasteiger partial charge in [0.25, 0.3) is 0 Å². The van der Waals surface area contributed by atoms with Gasteiger partial charge in [-0.25, -0.2) is 0 Å². The minimum Gasteiger partial charge on any atom is -0.493 e. The van der Waals surface area contributed by atoms with E-state index in [9.17, 15) is 0 Å². The Kier molecular flexibility index (Phi) is 3.85. The predicted molar refractivity (Wildman–Crippen MR) is 72.9 cm³/mol. The van der Waals surface area contributed by atoms with Gasteiger partial charge in [-0.2, -0.15) is 0 Å². The summed E-state index contributed by atoms with van der Waals surface area (Å²) >= 11 is 0. The summed E-state index contributed by atoms with van der Waals surface area (Å²) in [4.78, 5) is 0. The van der Waals surface area contributed by atoms with Gasteiger partial charge in [0.1, 0.15) is 0 Å². The maximum Gasteiger partial charge on any atom is 0.168 e. The Morgan fingerprint density at radius 1 is 1.00 bits per heavy atom. The van der Waals surface area contributed by atoms with E-state index in [1.807, 2.05) is 42.5 Å². The summed E-state index contributed by atoms with van der Waals surface area (Å²) < 4.78 is 10.8. The number of methoxy groups -OCH3 is 2. The summed E-state index contributed by atoms with van der Waals surface area (Å²) in [6.45, 7) is 0.472. The molecular weight excluding hydrogens is 226 g/mol. The maximum absolute atomic E-state index is 5.72. The highest BCUT2D eigenvalue weighted by atomic mass is 16.5. The van der Waals surface area contributed by atoms with E-state index in [2.05, 4.69) is 0 Å². The molecule has 0 saturated carbocycles. The van der Waals surface area contributed by atoms with Crippen LogP contribution in [0.2, 0.25) is 0 Å². The molecule has 2 aromatic carbocycles. The molecule has 0 saturated heterocycles. The lowest BCUT2D eigenvalue weighted by molar-refractivity contribution is 0.355. The lowest BCUT2D eigenvalue weighted by atomic mass is 10.0. The average molecular weight is 243 g/mol. The molecule has 94 valence electrons. The van der Waals surface area contributed by atoms with Crippen LogP contribution in [0.1, 0.15) is 5.56 Å². The van der Waals surface area contributed by atoms with Gasteiger partial charge in [0.05, 0.1) is 14.2 Å². The first-order chi connectivity index (χ1) is 8.80. The Labute approximate surface area is 107 Å². The van der Waals surface area contributed by atoms with Gasteiger partial charge in [0, 0.05) is 12.1 Å². The van der Waals surface area contributed by atoms with Crippen LogP contribution in [0.4, 0.5) is 0 Å². The van der Waals surface area contributed by atoms with Crippen LogP contribution in [0.3, 0.4) is 0 Å². The third-order valence-corrected chi connectivity index (χ3v) is 2.86. The Morgan fingerprint density at radius 2 is 1.72 bits per heavy atom. The molecule has 0 bridgehead atoms. The number of hydrogen-bond donors (Lipinski definition) is 1. The maximum atomic E-state index is 5.72. The van der Waals surface area contributed by atoms with Crippen molar-refractivity contribution in [2.45, 2.75) is 6.54 Å². The van der Waals surface area contributed by atoms with Crippen molar-refractivity contribution < 1.29 is 9.47 Å². The fourth-order valence-corrected chi connectivity index (χ4v) is 1.97. The van der Waals surface area contributed by atoms with Crippen molar-refractivity contribution in [1.29, 1.82) is 0 Å². The van der Waals surface area contributed by atoms with E-state index in [1.54, 1.807) is 14.2 Å². The van der Waals surface area contributed by atoms with E-state index in [1.165, 1.54) is 0 Å². The highest BCUT2D eigenvalue weighted by Crippen LogP contribution is 2.39. The first-order valence-electron chi connectivity index (χ1n) is 5.80. The van der Waals surface area contributed by atoms with Gasteiger partial charge in [0.15, 0.2) is 11.5 Å². The third-order valence-electron chi connectivity index (χ3n) is 2.86.